The summed E-state index contributed by atoms with van der Waals surface area (Å²) in [5, 5.41) is 13.3. The molecule has 0 fully saturated rings. The van der Waals surface area contributed by atoms with Crippen LogP contribution in [0.15, 0.2) is 60.7 Å². The number of hydrogen-bond donors (Lipinski definition) is 3. The molecular formula is C23H21FN4O2. The van der Waals surface area contributed by atoms with Crippen LogP contribution in [0.4, 0.5) is 20.7 Å². The Labute approximate surface area is 173 Å². The van der Waals surface area contributed by atoms with E-state index in [0.29, 0.717) is 22.5 Å². The first kappa shape index (κ1) is 19.4. The van der Waals surface area contributed by atoms with E-state index in [0.717, 1.165) is 22.3 Å². The Kier molecular flexibility index (Phi) is 5.34. The van der Waals surface area contributed by atoms with Gasteiger partial charge in [-0.1, -0.05) is 35.9 Å². The Morgan fingerprint density at radius 2 is 1.90 bits per heavy atom. The van der Waals surface area contributed by atoms with Gasteiger partial charge in [-0.05, 0) is 49.7 Å². The highest BCUT2D eigenvalue weighted by Crippen LogP contribution is 2.26. The van der Waals surface area contributed by atoms with Crippen LogP contribution in [0.2, 0.25) is 0 Å². The molecular weight excluding hydrogens is 383 g/mol. The number of nitrogens with one attached hydrogen (secondary N) is 3. The third kappa shape index (κ3) is 4.25. The van der Waals surface area contributed by atoms with Gasteiger partial charge in [-0.15, -0.1) is 0 Å². The van der Waals surface area contributed by atoms with Crippen LogP contribution in [-0.2, 0) is 6.61 Å². The quantitative estimate of drug-likeness (QED) is 0.408. The fourth-order valence-electron chi connectivity index (χ4n) is 3.17. The minimum absolute atomic E-state index is 0.103. The first-order chi connectivity index (χ1) is 14.5. The number of anilines is 2. The van der Waals surface area contributed by atoms with E-state index in [2.05, 4.69) is 20.8 Å². The fourth-order valence-corrected chi connectivity index (χ4v) is 3.17. The van der Waals surface area contributed by atoms with Gasteiger partial charge in [0, 0.05) is 16.6 Å². The molecule has 0 unspecified atom stereocenters. The van der Waals surface area contributed by atoms with E-state index in [-0.39, 0.29) is 12.4 Å². The smallest absolute Gasteiger partial charge is 0.324 e. The van der Waals surface area contributed by atoms with Crippen molar-refractivity contribution >= 4 is 28.4 Å². The van der Waals surface area contributed by atoms with Crippen molar-refractivity contribution in [3.05, 3.63) is 83.2 Å². The van der Waals surface area contributed by atoms with Crippen molar-refractivity contribution in [2.75, 3.05) is 10.6 Å². The SMILES string of the molecule is Cc1ccc(NC(=O)Nc2n[nH]c3ccc(OCc4ccccc4F)cc23)c(C)c1. The summed E-state index contributed by atoms with van der Waals surface area (Å²) in [6.07, 6.45) is 0. The molecule has 0 aliphatic carbocycles. The molecule has 1 aromatic heterocycles. The Hall–Kier alpha value is -3.87. The molecule has 0 saturated heterocycles. The van der Waals surface area contributed by atoms with Gasteiger partial charge in [-0.3, -0.25) is 10.4 Å². The molecule has 30 heavy (non-hydrogen) atoms. The molecule has 1 heterocycles. The normalized spacial score (nSPS) is 10.8. The number of hydrogen-bond acceptors (Lipinski definition) is 3. The molecule has 0 saturated carbocycles. The van der Waals surface area contributed by atoms with Gasteiger partial charge in [-0.2, -0.15) is 5.10 Å². The van der Waals surface area contributed by atoms with Gasteiger partial charge >= 0.3 is 6.03 Å². The van der Waals surface area contributed by atoms with E-state index >= 15 is 0 Å². The molecule has 6 nitrogen and oxygen atoms in total. The van der Waals surface area contributed by atoms with Crippen LogP contribution in [-0.4, -0.2) is 16.2 Å². The number of carbonyl (C=O) groups is 1. The summed E-state index contributed by atoms with van der Waals surface area (Å²) < 4.78 is 19.5. The van der Waals surface area contributed by atoms with Crippen molar-refractivity contribution in [1.82, 2.24) is 10.2 Å². The number of carbonyl (C=O) groups excluding carboxylic acids is 1. The third-order valence-corrected chi connectivity index (χ3v) is 4.75. The molecule has 0 aliphatic rings. The number of urea groups is 1. The minimum atomic E-state index is -0.395. The Morgan fingerprint density at radius 1 is 1.07 bits per heavy atom. The molecule has 3 aromatic carbocycles. The number of aromatic amines is 1. The van der Waals surface area contributed by atoms with E-state index in [1.807, 2.05) is 32.0 Å². The molecule has 4 aromatic rings. The summed E-state index contributed by atoms with van der Waals surface area (Å²) in [5.41, 5.74) is 4.04. The monoisotopic (exact) mass is 404 g/mol. The Bertz CT molecular complexity index is 1220. The van der Waals surface area contributed by atoms with Gasteiger partial charge in [0.25, 0.3) is 0 Å². The van der Waals surface area contributed by atoms with Crippen molar-refractivity contribution in [1.29, 1.82) is 0 Å². The standard InChI is InChI=1S/C23H21FN4O2/c1-14-7-9-20(15(2)11-14)25-23(29)26-22-18-12-17(8-10-21(18)27-28-22)30-13-16-5-3-4-6-19(16)24/h3-12H,13H2,1-2H3,(H3,25,26,27,28,29). The molecule has 7 heteroatoms. The third-order valence-electron chi connectivity index (χ3n) is 4.75. The molecule has 0 radical (unpaired) electrons. The summed E-state index contributed by atoms with van der Waals surface area (Å²) in [6, 6.07) is 17.2. The van der Waals surface area contributed by atoms with Crippen molar-refractivity contribution in [2.45, 2.75) is 20.5 Å². The second kappa shape index (κ2) is 8.24. The van der Waals surface area contributed by atoms with Gasteiger partial charge in [0.15, 0.2) is 5.82 Å². The largest absolute Gasteiger partial charge is 0.489 e. The molecule has 152 valence electrons. The van der Waals surface area contributed by atoms with Gasteiger partial charge in [0.2, 0.25) is 0 Å². The highest BCUT2D eigenvalue weighted by atomic mass is 19.1. The fraction of sp³-hybridized carbons (Fsp3) is 0.130. The van der Waals surface area contributed by atoms with E-state index in [9.17, 15) is 9.18 Å². The lowest BCUT2D eigenvalue weighted by atomic mass is 10.1. The topological polar surface area (TPSA) is 79.0 Å². The number of fused-ring (bicyclic) bond motifs is 1. The predicted octanol–water partition coefficient (Wildman–Crippen LogP) is 5.54. The van der Waals surface area contributed by atoms with Gasteiger partial charge < -0.3 is 10.1 Å². The summed E-state index contributed by atoms with van der Waals surface area (Å²) in [6.45, 7) is 4.04. The zero-order chi connectivity index (χ0) is 21.1. The van der Waals surface area contributed by atoms with Crippen LogP contribution in [0.25, 0.3) is 10.9 Å². The maximum Gasteiger partial charge on any atom is 0.324 e. The number of rotatable bonds is 5. The van der Waals surface area contributed by atoms with Crippen molar-refractivity contribution in [3.8, 4) is 5.75 Å². The average molecular weight is 404 g/mol. The summed E-state index contributed by atoms with van der Waals surface area (Å²) in [5.74, 6) is 0.612. The van der Waals surface area contributed by atoms with Crippen molar-refractivity contribution < 1.29 is 13.9 Å². The van der Waals surface area contributed by atoms with E-state index in [1.54, 1.807) is 36.4 Å². The molecule has 0 spiro atoms. The highest BCUT2D eigenvalue weighted by molar-refractivity contribution is 6.05. The lowest BCUT2D eigenvalue weighted by Crippen LogP contribution is -2.20. The maximum atomic E-state index is 13.8. The maximum absolute atomic E-state index is 13.8. The number of halogens is 1. The van der Waals surface area contributed by atoms with E-state index in [4.69, 9.17) is 4.74 Å². The lowest BCUT2D eigenvalue weighted by Gasteiger charge is -2.10. The lowest BCUT2D eigenvalue weighted by molar-refractivity contribution is 0.262. The van der Waals surface area contributed by atoms with Crippen molar-refractivity contribution in [3.63, 3.8) is 0 Å². The Morgan fingerprint density at radius 3 is 2.70 bits per heavy atom. The highest BCUT2D eigenvalue weighted by Gasteiger charge is 2.12. The van der Waals surface area contributed by atoms with Crippen LogP contribution in [0.3, 0.4) is 0 Å². The van der Waals surface area contributed by atoms with Crippen LogP contribution in [0.1, 0.15) is 16.7 Å². The predicted molar refractivity (Wildman–Crippen MR) is 115 cm³/mol. The summed E-state index contributed by atoms with van der Waals surface area (Å²) >= 11 is 0. The average Bonchev–Trinajstić information content (AvgIpc) is 3.11. The molecule has 2 amide bonds. The molecule has 0 bridgehead atoms. The first-order valence-electron chi connectivity index (χ1n) is 9.49. The van der Waals surface area contributed by atoms with Crippen LogP contribution in [0, 0.1) is 19.7 Å². The number of H-pyrrole nitrogens is 1. The number of benzene rings is 3. The van der Waals surface area contributed by atoms with E-state index < -0.39 is 6.03 Å². The number of amides is 2. The van der Waals surface area contributed by atoms with Crippen molar-refractivity contribution in [2.24, 2.45) is 0 Å². The minimum Gasteiger partial charge on any atom is -0.489 e. The first-order valence-corrected chi connectivity index (χ1v) is 9.49. The van der Waals surface area contributed by atoms with E-state index in [1.165, 1.54) is 6.07 Å². The zero-order valence-electron chi connectivity index (χ0n) is 16.6. The second-order valence-corrected chi connectivity index (χ2v) is 7.06. The summed E-state index contributed by atoms with van der Waals surface area (Å²) in [4.78, 5) is 12.4. The second-order valence-electron chi connectivity index (χ2n) is 7.06. The van der Waals surface area contributed by atoms with Gasteiger partial charge in [0.1, 0.15) is 18.2 Å². The van der Waals surface area contributed by atoms with Crippen LogP contribution in [0.5, 0.6) is 5.75 Å². The summed E-state index contributed by atoms with van der Waals surface area (Å²) in [7, 11) is 0. The van der Waals surface area contributed by atoms with Crippen LogP contribution >= 0.6 is 0 Å². The number of ether oxygens (including phenoxy) is 1. The number of aromatic nitrogens is 2. The molecule has 3 N–H and O–H groups in total. The van der Waals surface area contributed by atoms with Gasteiger partial charge in [-0.25, -0.2) is 9.18 Å². The Balaban J connectivity index is 1.48. The van der Waals surface area contributed by atoms with Gasteiger partial charge in [0.05, 0.1) is 5.52 Å². The molecule has 0 aliphatic heterocycles. The molecule has 4 rings (SSSR count). The van der Waals surface area contributed by atoms with Crippen LogP contribution < -0.4 is 15.4 Å². The number of aryl methyl sites for hydroxylation is 2. The number of nitrogens with zero attached hydrogens (tertiary/aromatic N) is 1. The molecule has 0 atom stereocenters. The zero-order valence-corrected chi connectivity index (χ0v) is 16.6.